The number of carbonyl (C=O) groups excluding carboxylic acids is 1. The molecule has 3 nitrogen and oxygen atoms in total. The van der Waals surface area contributed by atoms with Crippen LogP contribution >= 0.6 is 11.8 Å². The molecule has 17 heavy (non-hydrogen) atoms. The predicted molar refractivity (Wildman–Crippen MR) is 69.4 cm³/mol. The van der Waals surface area contributed by atoms with Gasteiger partial charge in [0.25, 0.3) is 0 Å². The fraction of sp³-hybridized carbons (Fsp3) is 0.462. The van der Waals surface area contributed by atoms with Crippen LogP contribution in [0, 0.1) is 6.92 Å². The molecule has 1 rings (SSSR count). The molecular weight excluding hydrogens is 236 g/mol. The quantitative estimate of drug-likeness (QED) is 0.426. The zero-order valence-corrected chi connectivity index (χ0v) is 11.1. The van der Waals surface area contributed by atoms with Crippen molar-refractivity contribution in [3.05, 3.63) is 29.8 Å². The Balaban J connectivity index is 2.22. The fourth-order valence-corrected chi connectivity index (χ4v) is 2.08. The lowest BCUT2D eigenvalue weighted by atomic mass is 10.2. The number of thioether (sulfide) groups is 1. The molecule has 1 aromatic rings. The van der Waals surface area contributed by atoms with Crippen LogP contribution in [-0.2, 0) is 14.3 Å². The van der Waals surface area contributed by atoms with Gasteiger partial charge >= 0.3 is 5.97 Å². The molecule has 0 radical (unpaired) electrons. The molecule has 0 saturated heterocycles. The van der Waals surface area contributed by atoms with E-state index in [2.05, 4.69) is 0 Å². The highest BCUT2D eigenvalue weighted by Crippen LogP contribution is 2.21. The van der Waals surface area contributed by atoms with E-state index in [1.807, 2.05) is 38.1 Å². The molecule has 0 amide bonds. The highest BCUT2D eigenvalue weighted by atomic mass is 32.2. The number of aryl methyl sites for hydroxylation is 1. The number of esters is 1. The van der Waals surface area contributed by atoms with Crippen LogP contribution in [0.3, 0.4) is 0 Å². The lowest BCUT2D eigenvalue weighted by Gasteiger charge is -2.06. The molecule has 0 fully saturated rings. The van der Waals surface area contributed by atoms with Gasteiger partial charge in [0.2, 0.25) is 0 Å². The third kappa shape index (κ3) is 5.75. The van der Waals surface area contributed by atoms with E-state index in [-0.39, 0.29) is 5.97 Å². The van der Waals surface area contributed by atoms with Crippen molar-refractivity contribution in [1.29, 1.82) is 0 Å². The van der Waals surface area contributed by atoms with E-state index in [9.17, 15) is 4.79 Å². The van der Waals surface area contributed by atoms with Crippen LogP contribution in [0.2, 0.25) is 0 Å². The molecule has 0 saturated carbocycles. The molecule has 0 bridgehead atoms. The van der Waals surface area contributed by atoms with Gasteiger partial charge in [-0.3, -0.25) is 4.79 Å². The van der Waals surface area contributed by atoms with Crippen molar-refractivity contribution >= 4 is 17.7 Å². The molecule has 0 spiro atoms. The Bertz CT molecular complexity index is 352. The third-order valence-corrected chi connectivity index (χ3v) is 3.28. The van der Waals surface area contributed by atoms with Crippen LogP contribution in [0.1, 0.15) is 12.5 Å². The largest absolute Gasteiger partial charge is 0.463 e. The van der Waals surface area contributed by atoms with Gasteiger partial charge in [0.05, 0.1) is 12.4 Å². The van der Waals surface area contributed by atoms with Crippen molar-refractivity contribution < 1.29 is 14.3 Å². The number of hydrogen-bond acceptors (Lipinski definition) is 4. The molecule has 0 unspecified atom stereocenters. The van der Waals surface area contributed by atoms with Gasteiger partial charge in [0, 0.05) is 11.5 Å². The number of ether oxygens (including phenoxy) is 2. The maximum Gasteiger partial charge on any atom is 0.316 e. The Morgan fingerprint density at radius 1 is 1.29 bits per heavy atom. The molecule has 4 heteroatoms. The highest BCUT2D eigenvalue weighted by molar-refractivity contribution is 8.00. The first kappa shape index (κ1) is 14.1. The number of rotatable bonds is 7. The molecule has 0 aromatic heterocycles. The van der Waals surface area contributed by atoms with E-state index in [0.29, 0.717) is 25.6 Å². The minimum atomic E-state index is -0.196. The van der Waals surface area contributed by atoms with Gasteiger partial charge in [-0.25, -0.2) is 0 Å². The van der Waals surface area contributed by atoms with Crippen LogP contribution in [0.15, 0.2) is 29.2 Å². The third-order valence-electron chi connectivity index (χ3n) is 2.13. The Hall–Kier alpha value is -1.00. The van der Waals surface area contributed by atoms with Crippen molar-refractivity contribution in [1.82, 2.24) is 0 Å². The Morgan fingerprint density at radius 3 is 2.76 bits per heavy atom. The van der Waals surface area contributed by atoms with Crippen molar-refractivity contribution in [2.45, 2.75) is 18.7 Å². The van der Waals surface area contributed by atoms with Crippen LogP contribution in [-0.4, -0.2) is 31.5 Å². The summed E-state index contributed by atoms with van der Waals surface area (Å²) >= 11 is 1.50. The predicted octanol–water partition coefficient (Wildman–Crippen LogP) is 2.67. The zero-order valence-electron chi connectivity index (χ0n) is 10.3. The summed E-state index contributed by atoms with van der Waals surface area (Å²) < 4.78 is 10.1. The zero-order chi connectivity index (χ0) is 12.5. The number of benzene rings is 1. The Morgan fingerprint density at radius 2 is 2.06 bits per heavy atom. The molecule has 0 aliphatic carbocycles. The van der Waals surface area contributed by atoms with Gasteiger partial charge in [0.15, 0.2) is 0 Å². The Kier molecular flexibility index (Phi) is 6.74. The van der Waals surface area contributed by atoms with E-state index in [4.69, 9.17) is 9.47 Å². The number of hydrogen-bond donors (Lipinski definition) is 0. The topological polar surface area (TPSA) is 35.5 Å². The monoisotopic (exact) mass is 254 g/mol. The lowest BCUT2D eigenvalue weighted by molar-refractivity contribution is -0.141. The summed E-state index contributed by atoms with van der Waals surface area (Å²) in [6, 6.07) is 7.99. The summed E-state index contributed by atoms with van der Waals surface area (Å²) in [5.41, 5.74) is 1.18. The molecular formula is C13H18O3S. The first-order chi connectivity index (χ1) is 8.24. The summed E-state index contributed by atoms with van der Waals surface area (Å²) in [5, 5.41) is 0. The van der Waals surface area contributed by atoms with Gasteiger partial charge in [0.1, 0.15) is 6.61 Å². The minimum Gasteiger partial charge on any atom is -0.463 e. The summed E-state index contributed by atoms with van der Waals surface area (Å²) in [6.07, 6.45) is 0. The molecule has 0 N–H and O–H groups in total. The van der Waals surface area contributed by atoms with Gasteiger partial charge in [-0.05, 0) is 25.5 Å². The maximum atomic E-state index is 11.4. The average Bonchev–Trinajstić information content (AvgIpc) is 2.34. The summed E-state index contributed by atoms with van der Waals surface area (Å²) in [4.78, 5) is 12.5. The van der Waals surface area contributed by atoms with E-state index in [0.717, 1.165) is 4.90 Å². The average molecular weight is 254 g/mol. The molecule has 0 aliphatic rings. The first-order valence-corrected chi connectivity index (χ1v) is 6.64. The van der Waals surface area contributed by atoms with Crippen molar-refractivity contribution in [2.24, 2.45) is 0 Å². The van der Waals surface area contributed by atoms with Crippen LogP contribution < -0.4 is 0 Å². The van der Waals surface area contributed by atoms with E-state index >= 15 is 0 Å². The summed E-state index contributed by atoms with van der Waals surface area (Å²) in [5.74, 6) is 0.148. The van der Waals surface area contributed by atoms with E-state index < -0.39 is 0 Å². The van der Waals surface area contributed by atoms with E-state index in [1.165, 1.54) is 17.3 Å². The van der Waals surface area contributed by atoms with Gasteiger partial charge < -0.3 is 9.47 Å². The summed E-state index contributed by atoms with van der Waals surface area (Å²) in [7, 11) is 0. The second-order valence-electron chi connectivity index (χ2n) is 3.47. The highest BCUT2D eigenvalue weighted by Gasteiger charge is 2.05. The second-order valence-corrected chi connectivity index (χ2v) is 4.49. The van der Waals surface area contributed by atoms with E-state index in [1.54, 1.807) is 0 Å². The van der Waals surface area contributed by atoms with Crippen molar-refractivity contribution in [3.8, 4) is 0 Å². The fourth-order valence-electron chi connectivity index (χ4n) is 1.26. The van der Waals surface area contributed by atoms with Gasteiger partial charge in [-0.15, -0.1) is 11.8 Å². The van der Waals surface area contributed by atoms with Crippen molar-refractivity contribution in [3.63, 3.8) is 0 Å². The molecule has 1 aromatic carbocycles. The Labute approximate surface area is 106 Å². The van der Waals surface area contributed by atoms with Crippen molar-refractivity contribution in [2.75, 3.05) is 25.6 Å². The first-order valence-electron chi connectivity index (χ1n) is 5.66. The molecule has 0 aliphatic heterocycles. The SMILES string of the molecule is CCOCCOC(=O)CSc1ccccc1C. The standard InChI is InChI=1S/C13H18O3S/c1-3-15-8-9-16-13(14)10-17-12-7-5-4-6-11(12)2/h4-7H,3,8-10H2,1-2H3. The number of carbonyl (C=O) groups is 1. The maximum absolute atomic E-state index is 11.4. The summed E-state index contributed by atoms with van der Waals surface area (Å²) in [6.45, 7) is 5.40. The van der Waals surface area contributed by atoms with Gasteiger partial charge in [-0.2, -0.15) is 0 Å². The smallest absolute Gasteiger partial charge is 0.316 e. The molecule has 0 heterocycles. The molecule has 94 valence electrons. The minimum absolute atomic E-state index is 0.196. The van der Waals surface area contributed by atoms with Crippen LogP contribution in [0.4, 0.5) is 0 Å². The molecule has 0 atom stereocenters. The van der Waals surface area contributed by atoms with Crippen LogP contribution in [0.25, 0.3) is 0 Å². The van der Waals surface area contributed by atoms with Gasteiger partial charge in [-0.1, -0.05) is 18.2 Å². The lowest BCUT2D eigenvalue weighted by Crippen LogP contribution is -2.12. The van der Waals surface area contributed by atoms with Crippen LogP contribution in [0.5, 0.6) is 0 Å². The normalized spacial score (nSPS) is 10.2. The second kappa shape index (κ2) is 8.14.